The lowest BCUT2D eigenvalue weighted by Crippen LogP contribution is -2.09. The Hall–Kier alpha value is -0.120. The molecule has 0 aliphatic heterocycles. The van der Waals surface area contributed by atoms with Gasteiger partial charge in [-0.15, -0.1) is 0 Å². The van der Waals surface area contributed by atoms with Crippen molar-refractivity contribution in [1.29, 1.82) is 0 Å². The predicted octanol–water partition coefficient (Wildman–Crippen LogP) is 2.89. The molecule has 0 aliphatic carbocycles. The molecule has 0 radical (unpaired) electrons. The summed E-state index contributed by atoms with van der Waals surface area (Å²) in [6, 6.07) is 0. The van der Waals surface area contributed by atoms with Gasteiger partial charge in [-0.2, -0.15) is 0 Å². The Labute approximate surface area is 106 Å². The Bertz CT molecular complexity index is 134. The van der Waals surface area contributed by atoms with E-state index in [0.717, 1.165) is 64.6 Å². The number of ether oxygens (including phenoxy) is 1. The van der Waals surface area contributed by atoms with Crippen LogP contribution in [-0.2, 0) is 4.74 Å². The molecule has 0 spiro atoms. The molecule has 0 saturated heterocycles. The third kappa shape index (κ3) is 12.1. The van der Waals surface area contributed by atoms with E-state index in [2.05, 4.69) is 13.8 Å². The highest BCUT2D eigenvalue weighted by Gasteiger charge is 2.03. The molecule has 104 valence electrons. The first kappa shape index (κ1) is 16.9. The van der Waals surface area contributed by atoms with Crippen LogP contribution in [-0.4, -0.2) is 35.6 Å². The summed E-state index contributed by atoms with van der Waals surface area (Å²) in [5, 5.41) is 19.0. The molecule has 0 rings (SSSR count). The van der Waals surface area contributed by atoms with Crippen LogP contribution < -0.4 is 0 Å². The normalized spacial score (nSPS) is 14.8. The Kier molecular flexibility index (Phi) is 12.3. The van der Waals surface area contributed by atoms with Gasteiger partial charge >= 0.3 is 0 Å². The van der Waals surface area contributed by atoms with E-state index in [1.807, 2.05) is 0 Å². The minimum absolute atomic E-state index is 0.157. The van der Waals surface area contributed by atoms with Crippen molar-refractivity contribution < 1.29 is 14.9 Å². The van der Waals surface area contributed by atoms with Crippen LogP contribution in [0.4, 0.5) is 0 Å². The number of hydrogen-bond donors (Lipinski definition) is 2. The first-order valence-corrected chi connectivity index (χ1v) is 7.14. The number of rotatable bonds is 12. The fourth-order valence-electron chi connectivity index (χ4n) is 1.90. The highest BCUT2D eigenvalue weighted by molar-refractivity contribution is 4.55. The maximum atomic E-state index is 9.50. The standard InChI is InChI=1S/C14H30O3/c1-3-7-13(15)9-5-11-17-12-6-10-14(16)8-4-2/h13-16H,3-12H2,1-2H3. The van der Waals surface area contributed by atoms with Crippen molar-refractivity contribution in [3.8, 4) is 0 Å². The van der Waals surface area contributed by atoms with Crippen LogP contribution in [0.25, 0.3) is 0 Å². The van der Waals surface area contributed by atoms with Gasteiger partial charge in [0.15, 0.2) is 0 Å². The summed E-state index contributed by atoms with van der Waals surface area (Å²) in [5.41, 5.74) is 0. The zero-order valence-corrected chi connectivity index (χ0v) is 11.5. The minimum Gasteiger partial charge on any atom is -0.393 e. The maximum absolute atomic E-state index is 9.50. The zero-order valence-electron chi connectivity index (χ0n) is 11.5. The van der Waals surface area contributed by atoms with Crippen LogP contribution in [0.1, 0.15) is 65.2 Å². The fourth-order valence-corrected chi connectivity index (χ4v) is 1.90. The van der Waals surface area contributed by atoms with E-state index >= 15 is 0 Å². The van der Waals surface area contributed by atoms with Gasteiger partial charge in [-0.25, -0.2) is 0 Å². The van der Waals surface area contributed by atoms with E-state index in [4.69, 9.17) is 4.74 Å². The van der Waals surface area contributed by atoms with Gasteiger partial charge in [0.2, 0.25) is 0 Å². The number of aliphatic hydroxyl groups excluding tert-OH is 2. The molecule has 3 nitrogen and oxygen atoms in total. The zero-order chi connectivity index (χ0) is 12.9. The second kappa shape index (κ2) is 12.3. The Morgan fingerprint density at radius 3 is 1.53 bits per heavy atom. The quantitative estimate of drug-likeness (QED) is 0.521. The van der Waals surface area contributed by atoms with E-state index < -0.39 is 0 Å². The van der Waals surface area contributed by atoms with E-state index in [9.17, 15) is 10.2 Å². The van der Waals surface area contributed by atoms with Crippen molar-refractivity contribution in [2.24, 2.45) is 0 Å². The molecule has 0 heterocycles. The molecule has 3 heteroatoms. The third-order valence-electron chi connectivity index (χ3n) is 2.90. The SMILES string of the molecule is CCCC(O)CCCOCCCC(O)CCC. The van der Waals surface area contributed by atoms with Crippen molar-refractivity contribution in [3.05, 3.63) is 0 Å². The maximum Gasteiger partial charge on any atom is 0.0541 e. The second-order valence-corrected chi connectivity index (χ2v) is 4.78. The fraction of sp³-hybridized carbons (Fsp3) is 1.00. The molecule has 2 unspecified atom stereocenters. The molecule has 0 saturated carbocycles. The first-order chi connectivity index (χ1) is 8.20. The van der Waals surface area contributed by atoms with Crippen LogP contribution in [0.2, 0.25) is 0 Å². The molecule has 0 aromatic rings. The molecule has 0 bridgehead atoms. The predicted molar refractivity (Wildman–Crippen MR) is 71.1 cm³/mol. The Morgan fingerprint density at radius 1 is 0.765 bits per heavy atom. The van der Waals surface area contributed by atoms with Gasteiger partial charge in [-0.05, 0) is 38.5 Å². The van der Waals surface area contributed by atoms with Crippen molar-refractivity contribution in [3.63, 3.8) is 0 Å². The minimum atomic E-state index is -0.157. The first-order valence-electron chi connectivity index (χ1n) is 7.14. The van der Waals surface area contributed by atoms with Crippen molar-refractivity contribution in [2.75, 3.05) is 13.2 Å². The molecule has 0 aromatic carbocycles. The van der Waals surface area contributed by atoms with Gasteiger partial charge in [0.1, 0.15) is 0 Å². The lowest BCUT2D eigenvalue weighted by atomic mass is 10.1. The molecule has 0 aromatic heterocycles. The Morgan fingerprint density at radius 2 is 1.18 bits per heavy atom. The van der Waals surface area contributed by atoms with Crippen LogP contribution in [0, 0.1) is 0 Å². The molecular weight excluding hydrogens is 216 g/mol. The summed E-state index contributed by atoms with van der Waals surface area (Å²) >= 11 is 0. The van der Waals surface area contributed by atoms with E-state index in [-0.39, 0.29) is 12.2 Å². The summed E-state index contributed by atoms with van der Waals surface area (Å²) in [6.45, 7) is 5.62. The largest absolute Gasteiger partial charge is 0.393 e. The van der Waals surface area contributed by atoms with Crippen molar-refractivity contribution in [1.82, 2.24) is 0 Å². The van der Waals surface area contributed by atoms with Gasteiger partial charge < -0.3 is 14.9 Å². The number of aliphatic hydroxyl groups is 2. The molecular formula is C14H30O3. The molecule has 0 aliphatic rings. The average molecular weight is 246 g/mol. The average Bonchev–Trinajstić information content (AvgIpc) is 2.28. The van der Waals surface area contributed by atoms with Crippen LogP contribution in [0.15, 0.2) is 0 Å². The second-order valence-electron chi connectivity index (χ2n) is 4.78. The van der Waals surface area contributed by atoms with Gasteiger partial charge in [-0.3, -0.25) is 0 Å². The van der Waals surface area contributed by atoms with E-state index in [1.54, 1.807) is 0 Å². The Balaban J connectivity index is 3.13. The van der Waals surface area contributed by atoms with Gasteiger partial charge in [0, 0.05) is 13.2 Å². The monoisotopic (exact) mass is 246 g/mol. The summed E-state index contributed by atoms with van der Waals surface area (Å²) in [6.07, 6.45) is 7.09. The molecule has 0 fully saturated rings. The van der Waals surface area contributed by atoms with Crippen LogP contribution in [0.3, 0.4) is 0 Å². The van der Waals surface area contributed by atoms with Crippen LogP contribution >= 0.6 is 0 Å². The topological polar surface area (TPSA) is 49.7 Å². The third-order valence-corrected chi connectivity index (χ3v) is 2.90. The molecule has 2 N–H and O–H groups in total. The summed E-state index contributed by atoms with van der Waals surface area (Å²) < 4.78 is 5.47. The smallest absolute Gasteiger partial charge is 0.0541 e. The highest BCUT2D eigenvalue weighted by atomic mass is 16.5. The van der Waals surface area contributed by atoms with Crippen molar-refractivity contribution >= 4 is 0 Å². The van der Waals surface area contributed by atoms with Gasteiger partial charge in [0.25, 0.3) is 0 Å². The van der Waals surface area contributed by atoms with E-state index in [1.165, 1.54) is 0 Å². The van der Waals surface area contributed by atoms with Crippen LogP contribution in [0.5, 0.6) is 0 Å². The van der Waals surface area contributed by atoms with Crippen molar-refractivity contribution in [2.45, 2.75) is 77.4 Å². The van der Waals surface area contributed by atoms with Gasteiger partial charge in [0.05, 0.1) is 12.2 Å². The summed E-state index contributed by atoms with van der Waals surface area (Å²) in [4.78, 5) is 0. The highest BCUT2D eigenvalue weighted by Crippen LogP contribution is 2.06. The molecule has 0 amide bonds. The number of hydrogen-bond acceptors (Lipinski definition) is 3. The molecule has 2 atom stereocenters. The lowest BCUT2D eigenvalue weighted by molar-refractivity contribution is 0.0880. The summed E-state index contributed by atoms with van der Waals surface area (Å²) in [7, 11) is 0. The molecule has 17 heavy (non-hydrogen) atoms. The van der Waals surface area contributed by atoms with E-state index in [0.29, 0.717) is 0 Å². The summed E-state index contributed by atoms with van der Waals surface area (Å²) in [5.74, 6) is 0. The van der Waals surface area contributed by atoms with Gasteiger partial charge in [-0.1, -0.05) is 26.7 Å². The lowest BCUT2D eigenvalue weighted by Gasteiger charge is -2.10.